The van der Waals surface area contributed by atoms with Gasteiger partial charge in [-0.3, -0.25) is 5.10 Å². The Morgan fingerprint density at radius 2 is 2.56 bits per heavy atom. The summed E-state index contributed by atoms with van der Waals surface area (Å²) in [6.07, 6.45) is 1.72. The number of nitrogens with two attached hydrogens (primary N) is 1. The second-order valence-electron chi connectivity index (χ2n) is 1.93. The third-order valence-electron chi connectivity index (χ3n) is 1.11. The Labute approximate surface area is 61.8 Å². The van der Waals surface area contributed by atoms with E-state index in [-0.39, 0.29) is 6.04 Å². The molecule has 0 bridgehead atoms. The van der Waals surface area contributed by atoms with Crippen LogP contribution in [-0.2, 0) is 0 Å². The number of hydrogen-bond acceptors (Lipinski definition) is 2. The summed E-state index contributed by atoms with van der Waals surface area (Å²) in [6, 6.07) is 0.0399. The van der Waals surface area contributed by atoms with Gasteiger partial charge in [0.05, 0.1) is 6.20 Å². The fourth-order valence-corrected chi connectivity index (χ4v) is 1.16. The van der Waals surface area contributed by atoms with Gasteiger partial charge in [0.1, 0.15) is 4.60 Å². The molecule has 0 fully saturated rings. The fraction of sp³-hybridized carbons (Fsp3) is 0.400. The molecule has 0 saturated carbocycles. The predicted octanol–water partition coefficient (Wildman–Crippen LogP) is 1.19. The number of hydrogen-bond donors (Lipinski definition) is 2. The van der Waals surface area contributed by atoms with Gasteiger partial charge in [-0.05, 0) is 22.9 Å². The zero-order chi connectivity index (χ0) is 6.85. The molecule has 0 aliphatic rings. The molecule has 1 aromatic heterocycles. The first kappa shape index (κ1) is 6.77. The van der Waals surface area contributed by atoms with E-state index in [1.54, 1.807) is 6.20 Å². The lowest BCUT2D eigenvalue weighted by Gasteiger charge is -1.98. The first-order valence-electron chi connectivity index (χ1n) is 2.66. The molecule has 9 heavy (non-hydrogen) atoms. The van der Waals surface area contributed by atoms with Gasteiger partial charge in [0.25, 0.3) is 0 Å². The van der Waals surface area contributed by atoms with Crippen molar-refractivity contribution in [1.29, 1.82) is 0 Å². The normalized spacial score (nSPS) is 13.7. The molecule has 1 aromatic rings. The summed E-state index contributed by atoms with van der Waals surface area (Å²) in [7, 11) is 0. The van der Waals surface area contributed by atoms with Crippen LogP contribution in [0.1, 0.15) is 18.5 Å². The molecule has 0 amide bonds. The zero-order valence-corrected chi connectivity index (χ0v) is 6.64. The molecule has 1 heterocycles. The second-order valence-corrected chi connectivity index (χ2v) is 2.72. The Kier molecular flexibility index (Phi) is 1.87. The number of aromatic nitrogens is 2. The lowest BCUT2D eigenvalue weighted by atomic mass is 10.2. The average molecular weight is 190 g/mol. The minimum absolute atomic E-state index is 0.0399. The minimum atomic E-state index is 0.0399. The molecule has 1 unspecified atom stereocenters. The SMILES string of the molecule is CC(N)c1cn[nH]c1Br. The lowest BCUT2D eigenvalue weighted by Crippen LogP contribution is -2.03. The van der Waals surface area contributed by atoms with Crippen LogP contribution >= 0.6 is 15.9 Å². The summed E-state index contributed by atoms with van der Waals surface area (Å²) >= 11 is 3.27. The average Bonchev–Trinajstić information content (AvgIpc) is 2.13. The number of nitrogens with one attached hydrogen (secondary N) is 1. The van der Waals surface area contributed by atoms with Crippen LogP contribution in [0.2, 0.25) is 0 Å². The molecule has 1 atom stereocenters. The second kappa shape index (κ2) is 2.49. The molecule has 0 spiro atoms. The van der Waals surface area contributed by atoms with E-state index >= 15 is 0 Å². The zero-order valence-electron chi connectivity index (χ0n) is 5.06. The Morgan fingerprint density at radius 3 is 2.78 bits per heavy atom. The third kappa shape index (κ3) is 1.31. The van der Waals surface area contributed by atoms with E-state index in [2.05, 4.69) is 26.1 Å². The van der Waals surface area contributed by atoms with Crippen molar-refractivity contribution < 1.29 is 0 Å². The number of halogens is 1. The first-order valence-corrected chi connectivity index (χ1v) is 3.45. The van der Waals surface area contributed by atoms with Crippen LogP contribution in [0.5, 0.6) is 0 Å². The van der Waals surface area contributed by atoms with Gasteiger partial charge in [0.2, 0.25) is 0 Å². The molecule has 3 nitrogen and oxygen atoms in total. The van der Waals surface area contributed by atoms with Crippen molar-refractivity contribution in [2.75, 3.05) is 0 Å². The molecule has 50 valence electrons. The van der Waals surface area contributed by atoms with Crippen molar-refractivity contribution in [3.05, 3.63) is 16.4 Å². The van der Waals surface area contributed by atoms with E-state index < -0.39 is 0 Å². The smallest absolute Gasteiger partial charge is 0.105 e. The fourth-order valence-electron chi connectivity index (χ4n) is 0.597. The maximum atomic E-state index is 5.57. The monoisotopic (exact) mass is 189 g/mol. The summed E-state index contributed by atoms with van der Waals surface area (Å²) in [5, 5.41) is 6.53. The molecule has 0 radical (unpaired) electrons. The van der Waals surface area contributed by atoms with Gasteiger partial charge in [-0.25, -0.2) is 0 Å². The van der Waals surface area contributed by atoms with Crippen LogP contribution in [0.4, 0.5) is 0 Å². The summed E-state index contributed by atoms with van der Waals surface area (Å²) in [4.78, 5) is 0. The Morgan fingerprint density at radius 1 is 1.89 bits per heavy atom. The molecule has 0 aliphatic heterocycles. The maximum absolute atomic E-state index is 5.57. The van der Waals surface area contributed by atoms with Gasteiger partial charge in [0.15, 0.2) is 0 Å². The van der Waals surface area contributed by atoms with Gasteiger partial charge < -0.3 is 5.73 Å². The number of nitrogens with zero attached hydrogens (tertiary/aromatic N) is 1. The Bertz CT molecular complexity index is 194. The van der Waals surface area contributed by atoms with E-state index in [4.69, 9.17) is 5.73 Å². The van der Waals surface area contributed by atoms with Crippen LogP contribution < -0.4 is 5.73 Å². The van der Waals surface area contributed by atoms with Gasteiger partial charge in [-0.2, -0.15) is 5.10 Å². The summed E-state index contributed by atoms with van der Waals surface area (Å²) < 4.78 is 0.873. The topological polar surface area (TPSA) is 54.7 Å². The van der Waals surface area contributed by atoms with Crippen LogP contribution in [0.3, 0.4) is 0 Å². The highest BCUT2D eigenvalue weighted by molar-refractivity contribution is 9.10. The van der Waals surface area contributed by atoms with Crippen LogP contribution in [0, 0.1) is 0 Å². The van der Waals surface area contributed by atoms with Crippen molar-refractivity contribution in [2.45, 2.75) is 13.0 Å². The maximum Gasteiger partial charge on any atom is 0.105 e. The highest BCUT2D eigenvalue weighted by Crippen LogP contribution is 2.17. The molecular weight excluding hydrogens is 182 g/mol. The molecule has 4 heteroatoms. The molecule has 3 N–H and O–H groups in total. The molecule has 0 saturated heterocycles. The van der Waals surface area contributed by atoms with Gasteiger partial charge in [-0.1, -0.05) is 0 Å². The third-order valence-corrected chi connectivity index (χ3v) is 1.75. The van der Waals surface area contributed by atoms with Gasteiger partial charge >= 0.3 is 0 Å². The Hall–Kier alpha value is -0.350. The van der Waals surface area contributed by atoms with E-state index in [9.17, 15) is 0 Å². The standard InChI is InChI=1S/C5H8BrN3/c1-3(7)4-2-8-9-5(4)6/h2-3H,7H2,1H3,(H,8,9). The molecular formula is C5H8BrN3. The number of aromatic amines is 1. The van der Waals surface area contributed by atoms with E-state index in [1.807, 2.05) is 6.92 Å². The highest BCUT2D eigenvalue weighted by atomic mass is 79.9. The van der Waals surface area contributed by atoms with Crippen molar-refractivity contribution in [2.24, 2.45) is 5.73 Å². The highest BCUT2D eigenvalue weighted by Gasteiger charge is 2.04. The summed E-state index contributed by atoms with van der Waals surface area (Å²) in [5.41, 5.74) is 6.58. The first-order chi connectivity index (χ1) is 4.22. The minimum Gasteiger partial charge on any atom is -0.324 e. The van der Waals surface area contributed by atoms with Crippen LogP contribution in [0.25, 0.3) is 0 Å². The molecule has 0 aliphatic carbocycles. The van der Waals surface area contributed by atoms with E-state index in [0.29, 0.717) is 0 Å². The van der Waals surface area contributed by atoms with Crippen LogP contribution in [0.15, 0.2) is 10.8 Å². The lowest BCUT2D eigenvalue weighted by molar-refractivity contribution is 0.814. The van der Waals surface area contributed by atoms with Gasteiger partial charge in [-0.15, -0.1) is 0 Å². The van der Waals surface area contributed by atoms with E-state index in [1.165, 1.54) is 0 Å². The summed E-state index contributed by atoms with van der Waals surface area (Å²) in [5.74, 6) is 0. The number of H-pyrrole nitrogens is 1. The van der Waals surface area contributed by atoms with E-state index in [0.717, 1.165) is 10.2 Å². The Balaban J connectivity index is 2.94. The molecule has 0 aromatic carbocycles. The van der Waals surface area contributed by atoms with Crippen molar-refractivity contribution in [3.8, 4) is 0 Å². The van der Waals surface area contributed by atoms with Crippen molar-refractivity contribution >= 4 is 15.9 Å². The van der Waals surface area contributed by atoms with Crippen molar-refractivity contribution in [3.63, 3.8) is 0 Å². The van der Waals surface area contributed by atoms with Crippen molar-refractivity contribution in [1.82, 2.24) is 10.2 Å². The summed E-state index contributed by atoms with van der Waals surface area (Å²) in [6.45, 7) is 1.91. The number of rotatable bonds is 1. The molecule has 1 rings (SSSR count). The van der Waals surface area contributed by atoms with Gasteiger partial charge in [0, 0.05) is 11.6 Å². The van der Waals surface area contributed by atoms with Crippen LogP contribution in [-0.4, -0.2) is 10.2 Å². The quantitative estimate of drug-likeness (QED) is 0.698. The predicted molar refractivity (Wildman–Crippen MR) is 38.9 cm³/mol. The largest absolute Gasteiger partial charge is 0.324 e.